The summed E-state index contributed by atoms with van der Waals surface area (Å²) >= 11 is 0. The third-order valence-corrected chi connectivity index (χ3v) is 10.9. The average Bonchev–Trinajstić information content (AvgIpc) is 2.84. The summed E-state index contributed by atoms with van der Waals surface area (Å²) in [6.45, 7) is 20.5. The highest BCUT2D eigenvalue weighted by atomic mass is 28.3. The Morgan fingerprint density at radius 3 is 1.95 bits per heavy atom. The molecule has 0 radical (unpaired) electrons. The van der Waals surface area contributed by atoms with E-state index < -0.39 is 8.07 Å². The Balaban J connectivity index is 2.09. The molecule has 0 nitrogen and oxygen atoms in total. The largest absolute Gasteiger partial charge is 0.0693 e. The highest BCUT2D eigenvalue weighted by molar-refractivity contribution is 6.77. The van der Waals surface area contributed by atoms with Crippen molar-refractivity contribution in [2.45, 2.75) is 91.9 Å². The van der Waals surface area contributed by atoms with Gasteiger partial charge in [-0.25, -0.2) is 0 Å². The summed E-state index contributed by atoms with van der Waals surface area (Å²) in [4.78, 5) is 0. The molecule has 2 saturated carbocycles. The van der Waals surface area contributed by atoms with Crippen molar-refractivity contribution in [2.75, 3.05) is 0 Å². The molecule has 8 unspecified atom stereocenters. The van der Waals surface area contributed by atoms with Crippen LogP contribution in [0.3, 0.4) is 0 Å². The maximum Gasteiger partial charge on any atom is 0.0479 e. The van der Waals surface area contributed by atoms with E-state index in [1.54, 1.807) is 6.42 Å². The van der Waals surface area contributed by atoms with Crippen LogP contribution in [-0.4, -0.2) is 8.07 Å². The zero-order valence-electron chi connectivity index (χ0n) is 16.7. The van der Waals surface area contributed by atoms with Gasteiger partial charge in [-0.2, -0.15) is 0 Å². The Hall–Kier alpha value is 0.217. The number of hydrogen-bond acceptors (Lipinski definition) is 0. The fraction of sp³-hybridized carbons (Fsp3) is 1.00. The summed E-state index contributed by atoms with van der Waals surface area (Å²) in [6.07, 6.45) is 7.43. The van der Waals surface area contributed by atoms with Crippen LogP contribution in [0, 0.1) is 41.4 Å². The van der Waals surface area contributed by atoms with Gasteiger partial charge < -0.3 is 0 Å². The third kappa shape index (κ3) is 3.50. The van der Waals surface area contributed by atoms with Gasteiger partial charge in [-0.15, -0.1) is 0 Å². The lowest BCUT2D eigenvalue weighted by atomic mass is 9.76. The Morgan fingerprint density at radius 1 is 0.818 bits per heavy atom. The molecule has 0 N–H and O–H groups in total. The first-order chi connectivity index (χ1) is 10.2. The van der Waals surface area contributed by atoms with Gasteiger partial charge in [0.05, 0.1) is 0 Å². The minimum atomic E-state index is -1.04. The maximum atomic E-state index is 2.61. The molecule has 8 atom stereocenters. The van der Waals surface area contributed by atoms with Gasteiger partial charge in [0.25, 0.3) is 0 Å². The van der Waals surface area contributed by atoms with Crippen LogP contribution in [0.25, 0.3) is 0 Å². The van der Waals surface area contributed by atoms with Crippen molar-refractivity contribution < 1.29 is 0 Å². The molecule has 0 bridgehead atoms. The van der Waals surface area contributed by atoms with Crippen LogP contribution < -0.4 is 0 Å². The van der Waals surface area contributed by atoms with Gasteiger partial charge in [-0.1, -0.05) is 73.5 Å². The Labute approximate surface area is 141 Å². The van der Waals surface area contributed by atoms with Crippen molar-refractivity contribution in [2.24, 2.45) is 41.4 Å². The standard InChI is InChI=1S/C21H42Si/c1-9-10-19-14(2)11-12-18(19)13-20-15(3)16(4)21(17(20)5)22(6,7)8/h14-21H,9-13H2,1-8H3. The number of hydrogen-bond donors (Lipinski definition) is 0. The quantitative estimate of drug-likeness (QED) is 0.474. The predicted octanol–water partition coefficient (Wildman–Crippen LogP) is 7.09. The minimum Gasteiger partial charge on any atom is -0.0693 e. The molecule has 0 aliphatic heterocycles. The molecule has 2 aliphatic rings. The number of rotatable bonds is 5. The summed E-state index contributed by atoms with van der Waals surface area (Å²) in [5.74, 6) is 6.93. The van der Waals surface area contributed by atoms with Gasteiger partial charge in [0, 0.05) is 8.07 Å². The molecule has 0 aromatic heterocycles. The summed E-state index contributed by atoms with van der Waals surface area (Å²) < 4.78 is 0. The second-order valence-electron chi connectivity index (χ2n) is 10.1. The lowest BCUT2D eigenvalue weighted by molar-refractivity contribution is 0.204. The van der Waals surface area contributed by atoms with Gasteiger partial charge >= 0.3 is 0 Å². The van der Waals surface area contributed by atoms with Crippen LogP contribution in [0.1, 0.15) is 66.7 Å². The van der Waals surface area contributed by atoms with Gasteiger partial charge in [-0.3, -0.25) is 0 Å². The maximum absolute atomic E-state index is 2.61. The Kier molecular flexibility index (Phi) is 5.90. The van der Waals surface area contributed by atoms with Crippen molar-refractivity contribution in [3.63, 3.8) is 0 Å². The van der Waals surface area contributed by atoms with Crippen LogP contribution in [0.2, 0.25) is 25.2 Å². The first kappa shape index (κ1) is 18.6. The zero-order valence-corrected chi connectivity index (χ0v) is 17.7. The zero-order chi connectivity index (χ0) is 16.7. The van der Waals surface area contributed by atoms with Crippen LogP contribution in [-0.2, 0) is 0 Å². The van der Waals surface area contributed by atoms with Crippen LogP contribution in [0.4, 0.5) is 0 Å². The highest BCUT2D eigenvalue weighted by Crippen LogP contribution is 2.57. The molecule has 130 valence electrons. The van der Waals surface area contributed by atoms with E-state index in [1.165, 1.54) is 25.7 Å². The van der Waals surface area contributed by atoms with Crippen LogP contribution in [0.5, 0.6) is 0 Å². The van der Waals surface area contributed by atoms with Gasteiger partial charge in [0.1, 0.15) is 0 Å². The smallest absolute Gasteiger partial charge is 0.0479 e. The molecule has 0 aromatic carbocycles. The van der Waals surface area contributed by atoms with E-state index in [0.717, 1.165) is 47.0 Å². The Morgan fingerprint density at radius 2 is 1.45 bits per heavy atom. The van der Waals surface area contributed by atoms with Crippen molar-refractivity contribution in [3.8, 4) is 0 Å². The van der Waals surface area contributed by atoms with Crippen molar-refractivity contribution in [1.29, 1.82) is 0 Å². The van der Waals surface area contributed by atoms with Crippen LogP contribution in [0.15, 0.2) is 0 Å². The summed E-state index contributed by atoms with van der Waals surface area (Å²) in [7, 11) is -1.04. The predicted molar refractivity (Wildman–Crippen MR) is 103 cm³/mol. The summed E-state index contributed by atoms with van der Waals surface area (Å²) in [6, 6.07) is 0. The van der Waals surface area contributed by atoms with Crippen molar-refractivity contribution in [3.05, 3.63) is 0 Å². The lowest BCUT2D eigenvalue weighted by Crippen LogP contribution is -2.34. The van der Waals surface area contributed by atoms with Crippen molar-refractivity contribution in [1.82, 2.24) is 0 Å². The fourth-order valence-electron chi connectivity index (χ4n) is 6.81. The second-order valence-corrected chi connectivity index (χ2v) is 15.5. The lowest BCUT2D eigenvalue weighted by Gasteiger charge is -2.34. The molecule has 22 heavy (non-hydrogen) atoms. The highest BCUT2D eigenvalue weighted by Gasteiger charge is 2.50. The molecule has 0 amide bonds. The normalized spacial score (nSPS) is 46.4. The van der Waals surface area contributed by atoms with E-state index in [9.17, 15) is 0 Å². The first-order valence-electron chi connectivity index (χ1n) is 10.2. The molecule has 0 saturated heterocycles. The monoisotopic (exact) mass is 322 g/mol. The fourth-order valence-corrected chi connectivity index (χ4v) is 10.5. The molecule has 2 aliphatic carbocycles. The summed E-state index contributed by atoms with van der Waals surface area (Å²) in [5.41, 5.74) is 1.04. The van der Waals surface area contributed by atoms with Gasteiger partial charge in [0.15, 0.2) is 0 Å². The van der Waals surface area contributed by atoms with E-state index in [2.05, 4.69) is 54.3 Å². The van der Waals surface area contributed by atoms with E-state index in [0.29, 0.717) is 0 Å². The van der Waals surface area contributed by atoms with Gasteiger partial charge in [0.2, 0.25) is 0 Å². The van der Waals surface area contributed by atoms with E-state index in [4.69, 9.17) is 0 Å². The van der Waals surface area contributed by atoms with Gasteiger partial charge in [-0.05, 0) is 59.8 Å². The molecule has 2 fully saturated rings. The molecule has 1 heteroatoms. The van der Waals surface area contributed by atoms with Crippen molar-refractivity contribution >= 4 is 8.07 Å². The molecule has 0 heterocycles. The molecular formula is C21H42Si. The minimum absolute atomic E-state index is 0.949. The first-order valence-corrected chi connectivity index (χ1v) is 13.8. The van der Waals surface area contributed by atoms with Crippen LogP contribution >= 0.6 is 0 Å². The van der Waals surface area contributed by atoms with E-state index in [1.807, 2.05) is 0 Å². The molecule has 0 aromatic rings. The summed E-state index contributed by atoms with van der Waals surface area (Å²) in [5, 5.41) is 0. The second kappa shape index (κ2) is 6.99. The Bertz CT molecular complexity index is 355. The average molecular weight is 323 g/mol. The van der Waals surface area contributed by atoms with E-state index in [-0.39, 0.29) is 0 Å². The molecule has 0 spiro atoms. The third-order valence-electron chi connectivity index (χ3n) is 7.84. The SMILES string of the molecule is CCCC1C(C)CCC1CC1C(C)C(C)C([Si](C)(C)C)C1C. The van der Waals surface area contributed by atoms with E-state index >= 15 is 0 Å². The molecular weight excluding hydrogens is 280 g/mol. The topological polar surface area (TPSA) is 0 Å². The molecule has 2 rings (SSSR count).